The normalized spacial score (nSPS) is 11.6. The van der Waals surface area contributed by atoms with E-state index in [1.807, 2.05) is 0 Å². The van der Waals surface area contributed by atoms with Gasteiger partial charge in [-0.05, 0) is 36.4 Å². The third kappa shape index (κ3) is 5.57. The van der Waals surface area contributed by atoms with Gasteiger partial charge < -0.3 is 19.4 Å². The van der Waals surface area contributed by atoms with Crippen LogP contribution in [0.2, 0.25) is 0 Å². The summed E-state index contributed by atoms with van der Waals surface area (Å²) in [6.45, 7) is -0.0100. The number of aromatic nitrogens is 3. The number of Topliss-reactive ketones (excluding diaryl/α,β-unsaturated/α-hetero) is 1. The zero-order valence-electron chi connectivity index (χ0n) is 18.7. The van der Waals surface area contributed by atoms with E-state index in [0.717, 1.165) is 6.07 Å². The molecule has 0 spiro atoms. The lowest BCUT2D eigenvalue weighted by molar-refractivity contribution is -0.137. The highest BCUT2D eigenvalue weighted by atomic mass is 19.4. The number of hydrogen-bond acceptors (Lipinski definition) is 6. The molecule has 2 aromatic carbocycles. The molecular weight excluding hydrogens is 468 g/mol. The topological polar surface area (TPSA) is 78.3 Å². The number of nitrogens with zero attached hydrogens (tertiary/aromatic N) is 3. The van der Waals surface area contributed by atoms with E-state index in [1.54, 1.807) is 41.9 Å². The molecule has 0 aliphatic heterocycles. The van der Waals surface area contributed by atoms with Crippen LogP contribution in [0, 0.1) is 5.82 Å². The highest BCUT2D eigenvalue weighted by molar-refractivity contribution is 5.82. The lowest BCUT2D eigenvalue weighted by Gasteiger charge is -2.11. The van der Waals surface area contributed by atoms with Crippen LogP contribution in [0.3, 0.4) is 0 Å². The van der Waals surface area contributed by atoms with Crippen LogP contribution in [0.5, 0.6) is 11.5 Å². The first kappa shape index (κ1) is 24.1. The second-order valence-electron chi connectivity index (χ2n) is 7.70. The maximum Gasteiger partial charge on any atom is 0.416 e. The number of ether oxygens (including phenoxy) is 2. The second-order valence-corrected chi connectivity index (χ2v) is 7.70. The van der Waals surface area contributed by atoms with Gasteiger partial charge in [0.05, 0.1) is 34.4 Å². The number of carbonyl (C=O) groups excluding carboxylic acids is 1. The minimum atomic E-state index is -4.60. The molecule has 4 rings (SSSR count). The van der Waals surface area contributed by atoms with Gasteiger partial charge >= 0.3 is 6.18 Å². The van der Waals surface area contributed by atoms with Crippen molar-refractivity contribution >= 4 is 28.5 Å². The number of hydrogen-bond donors (Lipinski definition) is 1. The minimum absolute atomic E-state index is 0.0100. The molecule has 2 aromatic heterocycles. The van der Waals surface area contributed by atoms with Crippen LogP contribution in [0.25, 0.3) is 11.0 Å². The van der Waals surface area contributed by atoms with E-state index < -0.39 is 17.6 Å². The molecule has 35 heavy (non-hydrogen) atoms. The van der Waals surface area contributed by atoms with E-state index in [4.69, 9.17) is 9.47 Å². The van der Waals surface area contributed by atoms with Crippen LogP contribution in [0.4, 0.5) is 29.2 Å². The monoisotopic (exact) mass is 488 g/mol. The summed E-state index contributed by atoms with van der Waals surface area (Å²) >= 11 is 0. The molecule has 0 aliphatic carbocycles. The first-order valence-corrected chi connectivity index (χ1v) is 10.4. The van der Waals surface area contributed by atoms with E-state index in [2.05, 4.69) is 15.3 Å². The standard InChI is InChI=1S/C24H20F4N4O3/c1-32-22-6-4-17(35-18-7-8-29-15(11-18)10-16(33)13-34-2)12-21(22)31-23(32)30-20-9-14(24(26,27)28)3-5-19(20)25/h3-9,11-12H,10,13H2,1-2H3,(H,30,31). The first-order chi connectivity index (χ1) is 16.6. The average molecular weight is 488 g/mol. The Bertz CT molecular complexity index is 1390. The van der Waals surface area contributed by atoms with Crippen LogP contribution in [-0.4, -0.2) is 34.0 Å². The zero-order chi connectivity index (χ0) is 25.2. The van der Waals surface area contributed by atoms with Gasteiger partial charge in [0.2, 0.25) is 5.95 Å². The van der Waals surface area contributed by atoms with Crippen LogP contribution in [-0.2, 0) is 29.2 Å². The average Bonchev–Trinajstić information content (AvgIpc) is 3.09. The molecule has 4 aromatic rings. The van der Waals surface area contributed by atoms with Gasteiger partial charge in [0.15, 0.2) is 5.78 Å². The van der Waals surface area contributed by atoms with Crippen molar-refractivity contribution in [1.29, 1.82) is 0 Å². The number of alkyl halides is 3. The fraction of sp³-hybridized carbons (Fsp3) is 0.208. The van der Waals surface area contributed by atoms with E-state index in [9.17, 15) is 22.4 Å². The number of rotatable bonds is 8. The van der Waals surface area contributed by atoms with Crippen LogP contribution >= 0.6 is 0 Å². The maximum atomic E-state index is 14.2. The first-order valence-electron chi connectivity index (χ1n) is 10.4. The third-order valence-electron chi connectivity index (χ3n) is 5.10. The number of pyridine rings is 1. The molecule has 0 amide bonds. The number of carbonyl (C=O) groups is 1. The van der Waals surface area contributed by atoms with Crippen molar-refractivity contribution in [3.8, 4) is 11.5 Å². The van der Waals surface area contributed by atoms with Gasteiger partial charge in [-0.3, -0.25) is 9.78 Å². The van der Waals surface area contributed by atoms with Gasteiger partial charge in [-0.1, -0.05) is 0 Å². The van der Waals surface area contributed by atoms with Gasteiger partial charge in [-0.2, -0.15) is 13.2 Å². The Balaban J connectivity index is 1.57. The van der Waals surface area contributed by atoms with Gasteiger partial charge in [0, 0.05) is 32.5 Å². The number of nitrogens with one attached hydrogen (secondary N) is 1. The molecule has 0 aliphatic rings. The SMILES string of the molecule is COCC(=O)Cc1cc(Oc2ccc3c(c2)nc(Nc2cc(C(F)(F)F)ccc2F)n3C)ccn1. The number of fused-ring (bicyclic) bond motifs is 1. The molecule has 0 fully saturated rings. The van der Waals surface area contributed by atoms with Crippen LogP contribution < -0.4 is 10.1 Å². The quantitative estimate of drug-likeness (QED) is 0.334. The molecule has 0 bridgehead atoms. The van der Waals surface area contributed by atoms with Crippen molar-refractivity contribution in [3.05, 3.63) is 71.8 Å². The Morgan fingerprint density at radius 3 is 2.60 bits per heavy atom. The predicted molar refractivity (Wildman–Crippen MR) is 120 cm³/mol. The van der Waals surface area contributed by atoms with Gasteiger partial charge in [0.1, 0.15) is 23.9 Å². The molecule has 182 valence electrons. The van der Waals surface area contributed by atoms with Gasteiger partial charge in [0.25, 0.3) is 0 Å². The zero-order valence-corrected chi connectivity index (χ0v) is 18.7. The summed E-state index contributed by atoms with van der Waals surface area (Å²) < 4.78 is 65.5. The molecular formula is C24H20F4N4O3. The number of ketones is 1. The van der Waals surface area contributed by atoms with Crippen molar-refractivity contribution in [2.45, 2.75) is 12.6 Å². The third-order valence-corrected chi connectivity index (χ3v) is 5.10. The van der Waals surface area contributed by atoms with Crippen molar-refractivity contribution in [2.24, 2.45) is 7.05 Å². The Hall–Kier alpha value is -3.99. The lowest BCUT2D eigenvalue weighted by Crippen LogP contribution is -2.10. The molecule has 7 nitrogen and oxygen atoms in total. The number of methoxy groups -OCH3 is 1. The smallest absolute Gasteiger partial charge is 0.416 e. The summed E-state index contributed by atoms with van der Waals surface area (Å²) in [5.41, 5.74) is 0.328. The van der Waals surface area contributed by atoms with Crippen LogP contribution in [0.15, 0.2) is 54.7 Å². The molecule has 0 atom stereocenters. The molecule has 11 heteroatoms. The summed E-state index contributed by atoms with van der Waals surface area (Å²) in [6.07, 6.45) is -2.98. The molecule has 0 radical (unpaired) electrons. The van der Waals surface area contributed by atoms with E-state index >= 15 is 0 Å². The Morgan fingerprint density at radius 2 is 1.86 bits per heavy atom. The lowest BCUT2D eigenvalue weighted by atomic mass is 10.2. The van der Waals surface area contributed by atoms with Crippen molar-refractivity contribution < 1.29 is 31.8 Å². The number of benzene rings is 2. The van der Waals surface area contributed by atoms with Gasteiger partial charge in [-0.25, -0.2) is 9.37 Å². The Kier molecular flexibility index (Phi) is 6.70. The molecule has 0 unspecified atom stereocenters. The summed E-state index contributed by atoms with van der Waals surface area (Å²) in [6, 6.07) is 10.4. The second kappa shape index (κ2) is 9.71. The fourth-order valence-electron chi connectivity index (χ4n) is 3.44. The van der Waals surface area contributed by atoms with Crippen LogP contribution in [0.1, 0.15) is 11.3 Å². The highest BCUT2D eigenvalue weighted by Gasteiger charge is 2.31. The molecule has 0 saturated heterocycles. The number of imidazole rings is 1. The van der Waals surface area contributed by atoms with E-state index in [-0.39, 0.29) is 30.4 Å². The predicted octanol–water partition coefficient (Wildman–Crippen LogP) is 5.42. The van der Waals surface area contributed by atoms with E-state index in [1.165, 1.54) is 13.3 Å². The number of halogens is 4. The Morgan fingerprint density at radius 1 is 1.09 bits per heavy atom. The number of aryl methyl sites for hydroxylation is 1. The summed E-state index contributed by atoms with van der Waals surface area (Å²) in [5.74, 6) is 0.0849. The molecule has 2 heterocycles. The van der Waals surface area contributed by atoms with E-state index in [0.29, 0.717) is 40.4 Å². The largest absolute Gasteiger partial charge is 0.457 e. The minimum Gasteiger partial charge on any atom is -0.457 e. The van der Waals surface area contributed by atoms with Gasteiger partial charge in [-0.15, -0.1) is 0 Å². The van der Waals surface area contributed by atoms with Crippen molar-refractivity contribution in [1.82, 2.24) is 14.5 Å². The van der Waals surface area contributed by atoms with Crippen molar-refractivity contribution in [2.75, 3.05) is 19.0 Å². The van der Waals surface area contributed by atoms with Crippen molar-refractivity contribution in [3.63, 3.8) is 0 Å². The Labute approximate surface area is 197 Å². The summed E-state index contributed by atoms with van der Waals surface area (Å²) in [7, 11) is 3.09. The highest BCUT2D eigenvalue weighted by Crippen LogP contribution is 2.33. The summed E-state index contributed by atoms with van der Waals surface area (Å²) in [4.78, 5) is 20.3. The fourth-order valence-corrected chi connectivity index (χ4v) is 3.44. The number of anilines is 2. The molecule has 0 saturated carbocycles. The summed E-state index contributed by atoms with van der Waals surface area (Å²) in [5, 5.41) is 2.63. The maximum absolute atomic E-state index is 14.2. The molecule has 1 N–H and O–H groups in total.